The first-order valence-electron chi connectivity index (χ1n) is 6.18. The van der Waals surface area contributed by atoms with E-state index in [1.807, 2.05) is 19.9 Å². The molecule has 0 aromatic carbocycles. The van der Waals surface area contributed by atoms with Crippen LogP contribution in [0.4, 0.5) is 5.82 Å². The number of amides is 1. The number of hydrogen-bond acceptors (Lipinski definition) is 3. The SMILES string of the molecule is CCC(C)NC(=O)CCNc1ncc(Br)cc1C. The highest BCUT2D eigenvalue weighted by molar-refractivity contribution is 9.10. The van der Waals surface area contributed by atoms with Crippen molar-refractivity contribution in [3.8, 4) is 0 Å². The summed E-state index contributed by atoms with van der Waals surface area (Å²) in [6.07, 6.45) is 3.16. The Morgan fingerprint density at radius 2 is 2.28 bits per heavy atom. The molecule has 1 aromatic heterocycles. The Hall–Kier alpha value is -1.10. The van der Waals surface area contributed by atoms with E-state index in [4.69, 9.17) is 0 Å². The third-order valence-electron chi connectivity index (χ3n) is 2.71. The number of carbonyl (C=O) groups excluding carboxylic acids is 1. The van der Waals surface area contributed by atoms with Crippen LogP contribution in [0.25, 0.3) is 0 Å². The van der Waals surface area contributed by atoms with E-state index in [0.29, 0.717) is 13.0 Å². The molecule has 2 N–H and O–H groups in total. The van der Waals surface area contributed by atoms with E-state index in [0.717, 1.165) is 22.3 Å². The molecular formula is C13H20BrN3O. The van der Waals surface area contributed by atoms with Gasteiger partial charge in [-0.1, -0.05) is 6.92 Å². The summed E-state index contributed by atoms with van der Waals surface area (Å²) in [4.78, 5) is 15.8. The molecular weight excluding hydrogens is 294 g/mol. The summed E-state index contributed by atoms with van der Waals surface area (Å²) >= 11 is 3.37. The number of hydrogen-bond donors (Lipinski definition) is 2. The van der Waals surface area contributed by atoms with Crippen molar-refractivity contribution in [3.05, 3.63) is 22.3 Å². The van der Waals surface area contributed by atoms with Crippen LogP contribution in [0, 0.1) is 6.92 Å². The van der Waals surface area contributed by atoms with E-state index in [9.17, 15) is 4.79 Å². The molecule has 18 heavy (non-hydrogen) atoms. The van der Waals surface area contributed by atoms with Gasteiger partial charge in [-0.3, -0.25) is 4.79 Å². The molecule has 0 bridgehead atoms. The summed E-state index contributed by atoms with van der Waals surface area (Å²) < 4.78 is 0.958. The molecule has 0 saturated heterocycles. The maximum atomic E-state index is 11.6. The Kier molecular flexibility index (Phi) is 6.12. The van der Waals surface area contributed by atoms with Crippen LogP contribution in [0.2, 0.25) is 0 Å². The van der Waals surface area contributed by atoms with Crippen LogP contribution < -0.4 is 10.6 Å². The van der Waals surface area contributed by atoms with E-state index in [1.165, 1.54) is 0 Å². The summed E-state index contributed by atoms with van der Waals surface area (Å²) in [6.45, 7) is 6.64. The van der Waals surface area contributed by atoms with Gasteiger partial charge in [0.15, 0.2) is 0 Å². The largest absolute Gasteiger partial charge is 0.369 e. The van der Waals surface area contributed by atoms with E-state index in [-0.39, 0.29) is 11.9 Å². The van der Waals surface area contributed by atoms with Gasteiger partial charge in [0, 0.05) is 29.7 Å². The third kappa shape index (κ3) is 5.04. The van der Waals surface area contributed by atoms with Crippen LogP contribution >= 0.6 is 15.9 Å². The van der Waals surface area contributed by atoms with Crippen LogP contribution in [0.15, 0.2) is 16.7 Å². The van der Waals surface area contributed by atoms with Gasteiger partial charge in [-0.25, -0.2) is 4.98 Å². The zero-order valence-electron chi connectivity index (χ0n) is 11.1. The minimum absolute atomic E-state index is 0.0756. The predicted octanol–water partition coefficient (Wildman–Crippen LogP) is 2.87. The first-order chi connectivity index (χ1) is 8.52. The van der Waals surface area contributed by atoms with Crippen LogP contribution in [0.5, 0.6) is 0 Å². The predicted molar refractivity (Wildman–Crippen MR) is 77.7 cm³/mol. The molecule has 1 aromatic rings. The molecule has 0 saturated carbocycles. The average molecular weight is 314 g/mol. The maximum absolute atomic E-state index is 11.6. The van der Waals surface area contributed by atoms with E-state index >= 15 is 0 Å². The fraction of sp³-hybridized carbons (Fsp3) is 0.538. The molecule has 1 atom stereocenters. The highest BCUT2D eigenvalue weighted by Gasteiger charge is 2.06. The van der Waals surface area contributed by atoms with Crippen molar-refractivity contribution in [1.29, 1.82) is 0 Å². The van der Waals surface area contributed by atoms with Crippen molar-refractivity contribution < 1.29 is 4.79 Å². The monoisotopic (exact) mass is 313 g/mol. The fourth-order valence-electron chi connectivity index (χ4n) is 1.47. The number of halogens is 1. The van der Waals surface area contributed by atoms with Gasteiger partial charge in [-0.2, -0.15) is 0 Å². The second-order valence-corrected chi connectivity index (χ2v) is 5.29. The van der Waals surface area contributed by atoms with Crippen molar-refractivity contribution in [2.75, 3.05) is 11.9 Å². The number of aryl methyl sites for hydroxylation is 1. The van der Waals surface area contributed by atoms with E-state index in [1.54, 1.807) is 6.20 Å². The fourth-order valence-corrected chi connectivity index (χ4v) is 1.91. The van der Waals surface area contributed by atoms with Crippen molar-refractivity contribution >= 4 is 27.7 Å². The van der Waals surface area contributed by atoms with E-state index < -0.39 is 0 Å². The summed E-state index contributed by atoms with van der Waals surface area (Å²) in [7, 11) is 0. The summed E-state index contributed by atoms with van der Waals surface area (Å²) in [5.74, 6) is 0.904. The van der Waals surface area contributed by atoms with Crippen molar-refractivity contribution in [1.82, 2.24) is 10.3 Å². The summed E-state index contributed by atoms with van der Waals surface area (Å²) in [6, 6.07) is 2.24. The van der Waals surface area contributed by atoms with Crippen molar-refractivity contribution in [2.24, 2.45) is 0 Å². The van der Waals surface area contributed by atoms with Gasteiger partial charge in [0.1, 0.15) is 5.82 Å². The Bertz CT molecular complexity index is 409. The van der Waals surface area contributed by atoms with Gasteiger partial charge < -0.3 is 10.6 Å². The van der Waals surface area contributed by atoms with Gasteiger partial charge in [-0.15, -0.1) is 0 Å². The lowest BCUT2D eigenvalue weighted by molar-refractivity contribution is -0.121. The van der Waals surface area contributed by atoms with Crippen LogP contribution in [0.3, 0.4) is 0 Å². The molecule has 1 heterocycles. The molecule has 0 aliphatic heterocycles. The molecule has 0 aliphatic rings. The first kappa shape index (κ1) is 15.0. The lowest BCUT2D eigenvalue weighted by Gasteiger charge is -2.12. The minimum Gasteiger partial charge on any atom is -0.369 e. The second-order valence-electron chi connectivity index (χ2n) is 4.37. The average Bonchev–Trinajstić information content (AvgIpc) is 2.31. The first-order valence-corrected chi connectivity index (χ1v) is 6.97. The second kappa shape index (κ2) is 7.36. The number of anilines is 1. The molecule has 0 radical (unpaired) electrons. The molecule has 5 heteroatoms. The highest BCUT2D eigenvalue weighted by atomic mass is 79.9. The smallest absolute Gasteiger partial charge is 0.221 e. The van der Waals surface area contributed by atoms with Crippen LogP contribution in [0.1, 0.15) is 32.3 Å². The normalized spacial score (nSPS) is 12.0. The Labute approximate surface area is 117 Å². The number of nitrogens with one attached hydrogen (secondary N) is 2. The topological polar surface area (TPSA) is 54.0 Å². The number of rotatable bonds is 6. The zero-order chi connectivity index (χ0) is 13.5. The summed E-state index contributed by atoms with van der Waals surface area (Å²) in [5.41, 5.74) is 1.06. The Balaban J connectivity index is 2.35. The Morgan fingerprint density at radius 3 is 2.89 bits per heavy atom. The van der Waals surface area contributed by atoms with Gasteiger partial charge in [-0.05, 0) is 47.8 Å². The van der Waals surface area contributed by atoms with Gasteiger partial charge in [0.25, 0.3) is 0 Å². The number of nitrogens with zero attached hydrogens (tertiary/aromatic N) is 1. The van der Waals surface area contributed by atoms with Crippen LogP contribution in [-0.4, -0.2) is 23.5 Å². The minimum atomic E-state index is 0.0756. The number of aromatic nitrogens is 1. The quantitative estimate of drug-likeness (QED) is 0.849. The Morgan fingerprint density at radius 1 is 1.56 bits per heavy atom. The third-order valence-corrected chi connectivity index (χ3v) is 3.14. The zero-order valence-corrected chi connectivity index (χ0v) is 12.7. The summed E-state index contributed by atoms with van der Waals surface area (Å²) in [5, 5.41) is 6.10. The number of pyridine rings is 1. The molecule has 0 fully saturated rings. The molecule has 100 valence electrons. The lowest BCUT2D eigenvalue weighted by atomic mass is 10.2. The lowest BCUT2D eigenvalue weighted by Crippen LogP contribution is -2.33. The van der Waals surface area contributed by atoms with Gasteiger partial charge in [0.05, 0.1) is 0 Å². The molecule has 1 amide bonds. The highest BCUT2D eigenvalue weighted by Crippen LogP contribution is 2.16. The molecule has 1 unspecified atom stereocenters. The van der Waals surface area contributed by atoms with Crippen molar-refractivity contribution in [3.63, 3.8) is 0 Å². The van der Waals surface area contributed by atoms with Gasteiger partial charge >= 0.3 is 0 Å². The van der Waals surface area contributed by atoms with E-state index in [2.05, 4.69) is 38.5 Å². The molecule has 0 aliphatic carbocycles. The van der Waals surface area contributed by atoms with Crippen LogP contribution in [-0.2, 0) is 4.79 Å². The van der Waals surface area contributed by atoms with Crippen molar-refractivity contribution in [2.45, 2.75) is 39.7 Å². The maximum Gasteiger partial charge on any atom is 0.221 e. The van der Waals surface area contributed by atoms with Gasteiger partial charge in [0.2, 0.25) is 5.91 Å². The standard InChI is InChI=1S/C13H20BrN3O/c1-4-10(3)17-12(18)5-6-15-13-9(2)7-11(14)8-16-13/h7-8,10H,4-6H2,1-3H3,(H,15,16)(H,17,18). The molecule has 1 rings (SSSR count). The molecule has 0 spiro atoms. The molecule has 4 nitrogen and oxygen atoms in total. The number of carbonyl (C=O) groups is 1.